The number of pyridine rings is 1. The van der Waals surface area contributed by atoms with Gasteiger partial charge in [0, 0.05) is 39.2 Å². The maximum atomic E-state index is 7.29. The van der Waals surface area contributed by atoms with E-state index in [1.165, 1.54) is 0 Å². The van der Waals surface area contributed by atoms with Gasteiger partial charge < -0.3 is 15.2 Å². The van der Waals surface area contributed by atoms with Gasteiger partial charge >= 0.3 is 0 Å². The van der Waals surface area contributed by atoms with Crippen LogP contribution < -0.4 is 10.5 Å². The molecule has 6 nitrogen and oxygen atoms in total. The monoisotopic (exact) mass is 266 g/mol. The molecule has 19 heavy (non-hydrogen) atoms. The van der Waals surface area contributed by atoms with Gasteiger partial charge in [-0.2, -0.15) is 0 Å². The first-order valence-electron chi connectivity index (χ1n) is 6.19. The van der Waals surface area contributed by atoms with Crippen LogP contribution in [0.4, 0.5) is 0 Å². The molecule has 0 amide bonds. The fourth-order valence-electron chi connectivity index (χ4n) is 1.66. The summed E-state index contributed by atoms with van der Waals surface area (Å²) in [5.74, 6) is 0.803. The number of ether oxygens (including phenoxy) is 2. The van der Waals surface area contributed by atoms with E-state index in [1.807, 2.05) is 18.2 Å². The summed E-state index contributed by atoms with van der Waals surface area (Å²) in [6, 6.07) is 5.69. The Labute approximate surface area is 114 Å². The molecule has 0 aromatic carbocycles. The van der Waals surface area contributed by atoms with Gasteiger partial charge in [-0.05, 0) is 6.07 Å². The Morgan fingerprint density at radius 3 is 2.79 bits per heavy atom. The van der Waals surface area contributed by atoms with Gasteiger partial charge in [0.2, 0.25) is 5.88 Å². The van der Waals surface area contributed by atoms with Gasteiger partial charge in [0.15, 0.2) is 0 Å². The van der Waals surface area contributed by atoms with Crippen LogP contribution in [0.1, 0.15) is 12.1 Å². The lowest BCUT2D eigenvalue weighted by atomic mass is 10.3. The molecule has 0 aliphatic carbocycles. The van der Waals surface area contributed by atoms with Crippen molar-refractivity contribution in [3.05, 3.63) is 23.9 Å². The smallest absolute Gasteiger partial charge is 0.213 e. The minimum absolute atomic E-state index is 0.195. The highest BCUT2D eigenvalue weighted by Crippen LogP contribution is 2.09. The van der Waals surface area contributed by atoms with Gasteiger partial charge in [-0.25, -0.2) is 4.98 Å². The van der Waals surface area contributed by atoms with E-state index in [0.717, 1.165) is 18.8 Å². The van der Waals surface area contributed by atoms with E-state index in [0.29, 0.717) is 25.5 Å². The third-order valence-corrected chi connectivity index (χ3v) is 2.68. The van der Waals surface area contributed by atoms with Crippen LogP contribution in [0.5, 0.6) is 5.88 Å². The van der Waals surface area contributed by atoms with E-state index in [9.17, 15) is 0 Å². The Balaban J connectivity index is 2.60. The molecule has 0 bridgehead atoms. The van der Waals surface area contributed by atoms with E-state index in [-0.39, 0.29) is 5.84 Å². The summed E-state index contributed by atoms with van der Waals surface area (Å²) in [6.07, 6.45) is 0.549. The molecule has 1 aromatic rings. The lowest BCUT2D eigenvalue weighted by Gasteiger charge is -2.21. The van der Waals surface area contributed by atoms with Crippen LogP contribution in [0.15, 0.2) is 18.2 Å². The Morgan fingerprint density at radius 2 is 2.16 bits per heavy atom. The second-order valence-electron chi connectivity index (χ2n) is 4.22. The van der Waals surface area contributed by atoms with Crippen molar-refractivity contribution in [2.45, 2.75) is 13.0 Å². The van der Waals surface area contributed by atoms with Crippen LogP contribution in [0.3, 0.4) is 0 Å². The van der Waals surface area contributed by atoms with Crippen molar-refractivity contribution in [1.29, 1.82) is 5.41 Å². The Bertz CT molecular complexity index is 398. The average Bonchev–Trinajstić information content (AvgIpc) is 2.42. The number of nitrogens with zero attached hydrogens (tertiary/aromatic N) is 2. The molecular weight excluding hydrogens is 244 g/mol. The summed E-state index contributed by atoms with van der Waals surface area (Å²) in [5, 5.41) is 7.29. The Morgan fingerprint density at radius 1 is 1.37 bits per heavy atom. The van der Waals surface area contributed by atoms with Gasteiger partial charge in [-0.3, -0.25) is 10.3 Å². The maximum Gasteiger partial charge on any atom is 0.213 e. The highest BCUT2D eigenvalue weighted by atomic mass is 16.5. The molecule has 0 atom stereocenters. The second kappa shape index (κ2) is 8.44. The number of methoxy groups -OCH3 is 2. The van der Waals surface area contributed by atoms with Crippen LogP contribution in [0.2, 0.25) is 0 Å². The summed E-state index contributed by atoms with van der Waals surface area (Å²) >= 11 is 0. The van der Waals surface area contributed by atoms with Crippen LogP contribution >= 0.6 is 0 Å². The second-order valence-corrected chi connectivity index (χ2v) is 4.22. The molecule has 0 aliphatic rings. The van der Waals surface area contributed by atoms with Gasteiger partial charge in [0.1, 0.15) is 0 Å². The number of nitrogens with two attached hydrogens (primary N) is 1. The zero-order valence-corrected chi connectivity index (χ0v) is 11.6. The fraction of sp³-hybridized carbons (Fsp3) is 0.538. The third kappa shape index (κ3) is 6.17. The number of hydrogen-bond acceptors (Lipinski definition) is 5. The van der Waals surface area contributed by atoms with Crippen molar-refractivity contribution in [1.82, 2.24) is 9.88 Å². The molecule has 0 aliphatic heterocycles. The van der Waals surface area contributed by atoms with E-state index in [1.54, 1.807) is 14.2 Å². The van der Waals surface area contributed by atoms with E-state index >= 15 is 0 Å². The molecule has 0 saturated heterocycles. The van der Waals surface area contributed by atoms with Crippen molar-refractivity contribution in [3.8, 4) is 5.88 Å². The maximum absolute atomic E-state index is 7.29. The van der Waals surface area contributed by atoms with Crippen LogP contribution in [-0.4, -0.2) is 49.6 Å². The largest absolute Gasteiger partial charge is 0.481 e. The SMILES string of the molecule is COCCN(CCC(=N)N)Cc1cccc(OC)n1. The number of nitrogens with one attached hydrogen (secondary N) is 1. The van der Waals surface area contributed by atoms with Crippen LogP contribution in [-0.2, 0) is 11.3 Å². The fourth-order valence-corrected chi connectivity index (χ4v) is 1.66. The topological polar surface area (TPSA) is 84.5 Å². The van der Waals surface area contributed by atoms with Crippen molar-refractivity contribution in [2.24, 2.45) is 5.73 Å². The molecule has 0 fully saturated rings. The first kappa shape index (κ1) is 15.4. The molecule has 3 N–H and O–H groups in total. The van der Waals surface area contributed by atoms with Gasteiger partial charge in [0.05, 0.1) is 25.2 Å². The molecule has 6 heteroatoms. The number of hydrogen-bond donors (Lipinski definition) is 2. The quantitative estimate of drug-likeness (QED) is 0.511. The molecule has 1 rings (SSSR count). The molecule has 106 valence electrons. The normalized spacial score (nSPS) is 10.7. The van der Waals surface area contributed by atoms with Crippen LogP contribution in [0, 0.1) is 5.41 Å². The van der Waals surface area contributed by atoms with Crippen molar-refractivity contribution in [2.75, 3.05) is 33.9 Å². The number of rotatable bonds is 9. The highest BCUT2D eigenvalue weighted by molar-refractivity contribution is 5.76. The summed E-state index contributed by atoms with van der Waals surface area (Å²) in [4.78, 5) is 6.54. The molecule has 0 radical (unpaired) electrons. The summed E-state index contributed by atoms with van der Waals surface area (Å²) in [6.45, 7) is 2.83. The minimum atomic E-state index is 0.195. The van der Waals surface area contributed by atoms with Crippen molar-refractivity contribution >= 4 is 5.84 Å². The van der Waals surface area contributed by atoms with E-state index in [4.69, 9.17) is 20.6 Å². The van der Waals surface area contributed by atoms with E-state index < -0.39 is 0 Å². The first-order chi connectivity index (χ1) is 9.15. The Hall–Kier alpha value is -1.66. The summed E-state index contributed by atoms with van der Waals surface area (Å²) in [7, 11) is 3.28. The molecular formula is C13H22N4O2. The molecule has 1 heterocycles. The lowest BCUT2D eigenvalue weighted by Crippen LogP contribution is -2.30. The molecule has 1 aromatic heterocycles. The number of aromatic nitrogens is 1. The third-order valence-electron chi connectivity index (χ3n) is 2.68. The van der Waals surface area contributed by atoms with Gasteiger partial charge in [-0.1, -0.05) is 6.07 Å². The zero-order valence-electron chi connectivity index (χ0n) is 11.6. The van der Waals surface area contributed by atoms with Crippen molar-refractivity contribution in [3.63, 3.8) is 0 Å². The standard InChI is InChI=1S/C13H22N4O2/c1-18-9-8-17(7-6-12(14)15)10-11-4-3-5-13(16-11)19-2/h3-5H,6-10H2,1-2H3,(H3,14,15). The molecule has 0 spiro atoms. The minimum Gasteiger partial charge on any atom is -0.481 e. The van der Waals surface area contributed by atoms with Gasteiger partial charge in [-0.15, -0.1) is 0 Å². The predicted molar refractivity (Wildman–Crippen MR) is 74.5 cm³/mol. The highest BCUT2D eigenvalue weighted by Gasteiger charge is 2.08. The molecule has 0 saturated carbocycles. The van der Waals surface area contributed by atoms with E-state index in [2.05, 4.69) is 9.88 Å². The Kier molecular flexibility index (Phi) is 6.84. The number of amidine groups is 1. The summed E-state index contributed by atoms with van der Waals surface area (Å²) in [5.41, 5.74) is 6.33. The average molecular weight is 266 g/mol. The summed E-state index contributed by atoms with van der Waals surface area (Å²) < 4.78 is 10.2. The zero-order chi connectivity index (χ0) is 14.1. The molecule has 0 unspecified atom stereocenters. The first-order valence-corrected chi connectivity index (χ1v) is 6.19. The lowest BCUT2D eigenvalue weighted by molar-refractivity contribution is 0.145. The predicted octanol–water partition coefficient (Wildman–Crippen LogP) is 0.865. The van der Waals surface area contributed by atoms with Crippen LogP contribution in [0.25, 0.3) is 0 Å². The van der Waals surface area contributed by atoms with Crippen molar-refractivity contribution < 1.29 is 9.47 Å². The van der Waals surface area contributed by atoms with Gasteiger partial charge in [0.25, 0.3) is 0 Å².